The molecule has 0 saturated heterocycles. The summed E-state index contributed by atoms with van der Waals surface area (Å²) in [5, 5.41) is 18.4. The van der Waals surface area contributed by atoms with E-state index in [1.807, 2.05) is 0 Å². The quantitative estimate of drug-likeness (QED) is 0.445. The van der Waals surface area contributed by atoms with Gasteiger partial charge in [-0.2, -0.15) is 5.10 Å². The van der Waals surface area contributed by atoms with Crippen LogP contribution in [0.2, 0.25) is 0 Å². The zero-order valence-corrected chi connectivity index (χ0v) is 12.3. The number of hydrogen-bond acceptors (Lipinski definition) is 4. The van der Waals surface area contributed by atoms with Crippen LogP contribution in [0.3, 0.4) is 0 Å². The fourth-order valence-electron chi connectivity index (χ4n) is 2.21. The molecule has 1 aromatic rings. The van der Waals surface area contributed by atoms with E-state index in [0.29, 0.717) is 11.5 Å². The fraction of sp³-hybridized carbons (Fsp3) is 0.769. The third-order valence-corrected chi connectivity index (χ3v) is 3.25. The molecule has 0 aromatic carbocycles. The Morgan fingerprint density at radius 2 is 2.11 bits per heavy atom. The summed E-state index contributed by atoms with van der Waals surface area (Å²) in [5.74, 6) is 0.505. The molecule has 6 nitrogen and oxygen atoms in total. The molecule has 1 atom stereocenters. The molecule has 0 amide bonds. The van der Waals surface area contributed by atoms with Gasteiger partial charge in [-0.3, -0.25) is 10.1 Å². The van der Waals surface area contributed by atoms with Crippen molar-refractivity contribution in [1.29, 1.82) is 0 Å². The largest absolute Gasteiger partial charge is 0.362 e. The highest BCUT2D eigenvalue weighted by atomic mass is 16.6. The van der Waals surface area contributed by atoms with Crippen molar-refractivity contribution in [3.8, 4) is 0 Å². The molecule has 6 heteroatoms. The zero-order valence-electron chi connectivity index (χ0n) is 12.3. The maximum Gasteiger partial charge on any atom is 0.333 e. The molecule has 1 aromatic heterocycles. The number of hydrogen-bond donors (Lipinski definition) is 1. The molecule has 1 heterocycles. The Kier molecular flexibility index (Phi) is 5.79. The first-order chi connectivity index (χ1) is 8.97. The van der Waals surface area contributed by atoms with Crippen molar-refractivity contribution in [2.75, 3.05) is 5.32 Å². The first kappa shape index (κ1) is 15.5. The molecule has 0 aliphatic carbocycles. The van der Waals surface area contributed by atoms with Crippen molar-refractivity contribution >= 4 is 11.5 Å². The first-order valence-electron chi connectivity index (χ1n) is 6.91. The molecule has 0 saturated carbocycles. The van der Waals surface area contributed by atoms with Gasteiger partial charge in [-0.05, 0) is 20.3 Å². The molecule has 0 aliphatic heterocycles. The minimum atomic E-state index is -0.367. The Morgan fingerprint density at radius 1 is 1.42 bits per heavy atom. The molecular formula is C13H24N4O2. The summed E-state index contributed by atoms with van der Waals surface area (Å²) in [7, 11) is 1.73. The summed E-state index contributed by atoms with van der Waals surface area (Å²) in [6.45, 7) is 5.90. The predicted octanol–water partition coefficient (Wildman–Crippen LogP) is 3.41. The minimum Gasteiger partial charge on any atom is -0.362 e. The number of nitrogens with zero attached hydrogens (tertiary/aromatic N) is 3. The van der Waals surface area contributed by atoms with Crippen LogP contribution in [0.1, 0.15) is 51.6 Å². The SMILES string of the molecule is CCCCCCC(C)Nc1c([N+](=O)[O-])c(C)nn1C. The molecule has 19 heavy (non-hydrogen) atoms. The van der Waals surface area contributed by atoms with Crippen LogP contribution in [0.25, 0.3) is 0 Å². The molecule has 108 valence electrons. The van der Waals surface area contributed by atoms with Gasteiger partial charge in [-0.1, -0.05) is 32.6 Å². The van der Waals surface area contributed by atoms with Gasteiger partial charge in [0, 0.05) is 13.1 Å². The molecule has 0 aliphatic rings. The number of anilines is 1. The van der Waals surface area contributed by atoms with Crippen molar-refractivity contribution in [2.45, 2.75) is 58.9 Å². The van der Waals surface area contributed by atoms with Crippen LogP contribution in [0.15, 0.2) is 0 Å². The Hall–Kier alpha value is -1.59. The van der Waals surface area contributed by atoms with Gasteiger partial charge in [-0.15, -0.1) is 0 Å². The Balaban J connectivity index is 2.63. The molecule has 0 spiro atoms. The van der Waals surface area contributed by atoms with Crippen molar-refractivity contribution in [2.24, 2.45) is 7.05 Å². The van der Waals surface area contributed by atoms with E-state index in [2.05, 4.69) is 24.3 Å². The van der Waals surface area contributed by atoms with Crippen LogP contribution >= 0.6 is 0 Å². The molecule has 1 rings (SSSR count). The van der Waals surface area contributed by atoms with Crippen LogP contribution in [-0.4, -0.2) is 20.7 Å². The number of unbranched alkanes of at least 4 members (excludes halogenated alkanes) is 3. The second-order valence-electron chi connectivity index (χ2n) is 5.06. The van der Waals surface area contributed by atoms with Crippen molar-refractivity contribution in [3.63, 3.8) is 0 Å². The highest BCUT2D eigenvalue weighted by Crippen LogP contribution is 2.28. The highest BCUT2D eigenvalue weighted by Gasteiger charge is 2.24. The lowest BCUT2D eigenvalue weighted by Crippen LogP contribution is -2.18. The lowest BCUT2D eigenvalue weighted by molar-refractivity contribution is -0.384. The van der Waals surface area contributed by atoms with Crippen LogP contribution < -0.4 is 5.32 Å². The van der Waals surface area contributed by atoms with E-state index in [4.69, 9.17) is 0 Å². The van der Waals surface area contributed by atoms with Crippen LogP contribution in [0, 0.1) is 17.0 Å². The van der Waals surface area contributed by atoms with Crippen LogP contribution in [0.5, 0.6) is 0 Å². The number of nitro groups is 1. The minimum absolute atomic E-state index is 0.0860. The van der Waals surface area contributed by atoms with Gasteiger partial charge in [0.2, 0.25) is 5.82 Å². The lowest BCUT2D eigenvalue weighted by Gasteiger charge is -2.14. The van der Waals surface area contributed by atoms with Crippen molar-refractivity contribution in [3.05, 3.63) is 15.8 Å². The summed E-state index contributed by atoms with van der Waals surface area (Å²) < 4.78 is 1.55. The molecule has 1 N–H and O–H groups in total. The summed E-state index contributed by atoms with van der Waals surface area (Å²) in [6, 6.07) is 0.213. The number of aromatic nitrogens is 2. The van der Waals surface area contributed by atoms with E-state index >= 15 is 0 Å². The van der Waals surface area contributed by atoms with E-state index in [1.165, 1.54) is 19.3 Å². The van der Waals surface area contributed by atoms with E-state index in [9.17, 15) is 10.1 Å². The number of nitrogens with one attached hydrogen (secondary N) is 1. The third-order valence-electron chi connectivity index (χ3n) is 3.25. The first-order valence-corrected chi connectivity index (χ1v) is 6.91. The van der Waals surface area contributed by atoms with E-state index in [-0.39, 0.29) is 16.7 Å². The van der Waals surface area contributed by atoms with Gasteiger partial charge < -0.3 is 5.32 Å². The Labute approximate surface area is 114 Å². The number of aryl methyl sites for hydroxylation is 2. The number of rotatable bonds is 8. The smallest absolute Gasteiger partial charge is 0.333 e. The maximum atomic E-state index is 11.0. The summed E-state index contributed by atoms with van der Waals surface area (Å²) >= 11 is 0. The highest BCUT2D eigenvalue weighted by molar-refractivity contribution is 5.59. The molecular weight excluding hydrogens is 244 g/mol. The average Bonchev–Trinajstić information content (AvgIpc) is 2.60. The maximum absolute atomic E-state index is 11.0. The van der Waals surface area contributed by atoms with E-state index in [0.717, 1.165) is 12.8 Å². The average molecular weight is 268 g/mol. The van der Waals surface area contributed by atoms with Gasteiger partial charge >= 0.3 is 5.69 Å². The van der Waals surface area contributed by atoms with Crippen LogP contribution in [0.4, 0.5) is 11.5 Å². The second kappa shape index (κ2) is 7.11. The summed E-state index contributed by atoms with van der Waals surface area (Å²) in [5.41, 5.74) is 0.538. The van der Waals surface area contributed by atoms with Gasteiger partial charge in [-0.25, -0.2) is 4.68 Å². The summed E-state index contributed by atoms with van der Waals surface area (Å²) in [4.78, 5) is 10.7. The zero-order chi connectivity index (χ0) is 14.4. The van der Waals surface area contributed by atoms with Gasteiger partial charge in [0.25, 0.3) is 0 Å². The summed E-state index contributed by atoms with van der Waals surface area (Å²) in [6.07, 6.45) is 5.84. The van der Waals surface area contributed by atoms with Crippen molar-refractivity contribution in [1.82, 2.24) is 9.78 Å². The second-order valence-corrected chi connectivity index (χ2v) is 5.06. The third kappa shape index (κ3) is 4.22. The topological polar surface area (TPSA) is 73.0 Å². The standard InChI is InChI=1S/C13H24N4O2/c1-5-6-7-8-9-10(2)14-13-12(17(18)19)11(3)15-16(13)4/h10,14H,5-9H2,1-4H3. The van der Waals surface area contributed by atoms with Gasteiger partial charge in [0.1, 0.15) is 5.69 Å². The van der Waals surface area contributed by atoms with Crippen LogP contribution in [-0.2, 0) is 7.05 Å². The van der Waals surface area contributed by atoms with Gasteiger partial charge in [0.05, 0.1) is 4.92 Å². The Morgan fingerprint density at radius 3 is 2.68 bits per heavy atom. The predicted molar refractivity (Wildman–Crippen MR) is 76.4 cm³/mol. The lowest BCUT2D eigenvalue weighted by atomic mass is 10.1. The fourth-order valence-corrected chi connectivity index (χ4v) is 2.21. The molecule has 0 radical (unpaired) electrons. The normalized spacial score (nSPS) is 12.4. The monoisotopic (exact) mass is 268 g/mol. The van der Waals surface area contributed by atoms with E-state index in [1.54, 1.807) is 18.7 Å². The molecule has 0 bridgehead atoms. The van der Waals surface area contributed by atoms with Gasteiger partial charge in [0.15, 0.2) is 0 Å². The van der Waals surface area contributed by atoms with Crippen molar-refractivity contribution < 1.29 is 4.92 Å². The Bertz CT molecular complexity index is 429. The molecule has 0 fully saturated rings. The molecule has 1 unspecified atom stereocenters. The van der Waals surface area contributed by atoms with E-state index < -0.39 is 0 Å².